The molecule has 0 bridgehead atoms. The van der Waals surface area contributed by atoms with Gasteiger partial charge in [0.15, 0.2) is 5.65 Å². The zero-order valence-corrected chi connectivity index (χ0v) is 21.8. The maximum atomic E-state index is 6.04. The Bertz CT molecular complexity index is 1620. The van der Waals surface area contributed by atoms with Crippen molar-refractivity contribution < 1.29 is 9.47 Å². The zero-order valence-electron chi connectivity index (χ0n) is 21.8. The molecular formula is C27H29N9O2. The SMILES string of the molecule is COc1ccc2ncnc(Nc3ccc(Oc4cc5ncnn5cn4)c(C)c3)c2c1N1CC[C@@H](N(C)C)C1. The van der Waals surface area contributed by atoms with Crippen LogP contribution < -0.4 is 19.7 Å². The Morgan fingerprint density at radius 1 is 1.00 bits per heavy atom. The predicted octanol–water partition coefficient (Wildman–Crippen LogP) is 4.06. The Morgan fingerprint density at radius 2 is 1.87 bits per heavy atom. The fourth-order valence-corrected chi connectivity index (χ4v) is 4.91. The highest BCUT2D eigenvalue weighted by Gasteiger charge is 2.28. The Kier molecular flexibility index (Phi) is 6.12. The van der Waals surface area contributed by atoms with Gasteiger partial charge in [-0.3, -0.25) is 0 Å². The van der Waals surface area contributed by atoms with Crippen LogP contribution in [0.4, 0.5) is 17.2 Å². The second-order valence-corrected chi connectivity index (χ2v) is 9.58. The molecule has 0 aliphatic carbocycles. The normalized spacial score (nSPS) is 15.5. The number of rotatable bonds is 7. The molecule has 5 aromatic rings. The van der Waals surface area contributed by atoms with E-state index in [-0.39, 0.29) is 0 Å². The van der Waals surface area contributed by atoms with Crippen molar-refractivity contribution in [3.63, 3.8) is 0 Å². The largest absolute Gasteiger partial charge is 0.495 e. The van der Waals surface area contributed by atoms with E-state index in [2.05, 4.69) is 54.2 Å². The fraction of sp³-hybridized carbons (Fsp3) is 0.296. The Balaban J connectivity index is 1.32. The van der Waals surface area contributed by atoms with Crippen LogP contribution in [0, 0.1) is 6.92 Å². The van der Waals surface area contributed by atoms with Gasteiger partial charge in [0.25, 0.3) is 0 Å². The van der Waals surface area contributed by atoms with Gasteiger partial charge in [0.1, 0.15) is 36.3 Å². The number of nitrogens with one attached hydrogen (secondary N) is 1. The molecule has 0 radical (unpaired) electrons. The van der Waals surface area contributed by atoms with Gasteiger partial charge in [-0.05, 0) is 63.3 Å². The van der Waals surface area contributed by atoms with Crippen LogP contribution in [0.5, 0.6) is 17.4 Å². The summed E-state index contributed by atoms with van der Waals surface area (Å²) in [5.41, 5.74) is 4.38. The topological polar surface area (TPSA) is 106 Å². The molecule has 1 saturated heterocycles. The smallest absolute Gasteiger partial charge is 0.224 e. The number of methoxy groups -OCH3 is 1. The highest BCUT2D eigenvalue weighted by molar-refractivity contribution is 6.03. The van der Waals surface area contributed by atoms with Crippen molar-refractivity contribution in [2.75, 3.05) is 44.5 Å². The average Bonchev–Trinajstić information content (AvgIpc) is 3.59. The third-order valence-corrected chi connectivity index (χ3v) is 6.97. The molecule has 11 nitrogen and oxygen atoms in total. The average molecular weight is 512 g/mol. The molecule has 1 aliphatic heterocycles. The number of hydrogen-bond donors (Lipinski definition) is 1. The van der Waals surface area contributed by atoms with E-state index in [0.717, 1.165) is 58.9 Å². The number of fused-ring (bicyclic) bond motifs is 2. The number of aromatic nitrogens is 6. The number of ether oxygens (including phenoxy) is 2. The second kappa shape index (κ2) is 9.75. The van der Waals surface area contributed by atoms with Crippen molar-refractivity contribution in [3.8, 4) is 17.4 Å². The second-order valence-electron chi connectivity index (χ2n) is 9.58. The first-order valence-corrected chi connectivity index (χ1v) is 12.4. The Morgan fingerprint density at radius 3 is 2.66 bits per heavy atom. The lowest BCUT2D eigenvalue weighted by Gasteiger charge is -2.25. The lowest BCUT2D eigenvalue weighted by Crippen LogP contribution is -2.31. The van der Waals surface area contributed by atoms with E-state index in [4.69, 9.17) is 9.47 Å². The lowest BCUT2D eigenvalue weighted by atomic mass is 10.1. The van der Waals surface area contributed by atoms with E-state index >= 15 is 0 Å². The van der Waals surface area contributed by atoms with Crippen LogP contribution in [-0.2, 0) is 0 Å². The van der Waals surface area contributed by atoms with Crippen molar-refractivity contribution in [1.29, 1.82) is 0 Å². The molecule has 2 aromatic carbocycles. The van der Waals surface area contributed by atoms with Crippen molar-refractivity contribution in [2.45, 2.75) is 19.4 Å². The first kappa shape index (κ1) is 23.9. The van der Waals surface area contributed by atoms with Gasteiger partial charge < -0.3 is 24.6 Å². The summed E-state index contributed by atoms with van der Waals surface area (Å²) in [6.45, 7) is 3.84. The quantitative estimate of drug-likeness (QED) is 0.344. The molecule has 4 heterocycles. The summed E-state index contributed by atoms with van der Waals surface area (Å²) >= 11 is 0. The number of aryl methyl sites for hydroxylation is 1. The third-order valence-electron chi connectivity index (χ3n) is 6.97. The van der Waals surface area contributed by atoms with Crippen LogP contribution in [0.25, 0.3) is 16.6 Å². The minimum Gasteiger partial charge on any atom is -0.495 e. The number of benzene rings is 2. The molecule has 1 atom stereocenters. The summed E-state index contributed by atoms with van der Waals surface area (Å²) in [6, 6.07) is 12.1. The van der Waals surface area contributed by atoms with E-state index in [1.807, 2.05) is 37.3 Å². The van der Waals surface area contributed by atoms with Gasteiger partial charge in [0, 0.05) is 30.9 Å². The predicted molar refractivity (Wildman–Crippen MR) is 146 cm³/mol. The fourth-order valence-electron chi connectivity index (χ4n) is 4.91. The molecule has 0 saturated carbocycles. The third kappa shape index (κ3) is 4.41. The van der Waals surface area contributed by atoms with Gasteiger partial charge in [-0.25, -0.2) is 24.5 Å². The van der Waals surface area contributed by atoms with Crippen LogP contribution in [-0.4, -0.2) is 74.8 Å². The summed E-state index contributed by atoms with van der Waals surface area (Å²) in [4.78, 5) is 22.3. The first-order chi connectivity index (χ1) is 18.5. The maximum absolute atomic E-state index is 6.04. The molecule has 0 amide bonds. The molecule has 38 heavy (non-hydrogen) atoms. The molecule has 3 aromatic heterocycles. The number of likely N-dealkylation sites (N-methyl/N-ethyl adjacent to an activating group) is 1. The minimum absolute atomic E-state index is 0.453. The highest BCUT2D eigenvalue weighted by atomic mass is 16.5. The Labute approximate surface area is 220 Å². The molecular weight excluding hydrogens is 482 g/mol. The minimum atomic E-state index is 0.453. The lowest BCUT2D eigenvalue weighted by molar-refractivity contribution is 0.315. The summed E-state index contributed by atoms with van der Waals surface area (Å²) in [7, 11) is 5.96. The molecule has 1 N–H and O–H groups in total. The molecule has 1 aliphatic rings. The first-order valence-electron chi connectivity index (χ1n) is 12.4. The molecule has 1 fully saturated rings. The molecule has 0 spiro atoms. The highest BCUT2D eigenvalue weighted by Crippen LogP contribution is 2.41. The van der Waals surface area contributed by atoms with E-state index in [1.54, 1.807) is 30.3 Å². The van der Waals surface area contributed by atoms with Crippen LogP contribution >= 0.6 is 0 Å². The molecule has 11 heteroatoms. The summed E-state index contributed by atoms with van der Waals surface area (Å²) in [5, 5.41) is 8.52. The van der Waals surface area contributed by atoms with Crippen molar-refractivity contribution in [3.05, 3.63) is 60.9 Å². The van der Waals surface area contributed by atoms with Gasteiger partial charge in [-0.15, -0.1) is 0 Å². The van der Waals surface area contributed by atoms with Crippen LogP contribution in [0.1, 0.15) is 12.0 Å². The maximum Gasteiger partial charge on any atom is 0.224 e. The zero-order chi connectivity index (χ0) is 26.2. The van der Waals surface area contributed by atoms with Gasteiger partial charge in [-0.2, -0.15) is 5.10 Å². The van der Waals surface area contributed by atoms with E-state index in [9.17, 15) is 0 Å². The standard InChI is InChI=1S/C27H29N9O2/c1-17-11-18(5-7-21(17)38-24-12-23-29-15-32-36(23)16-31-24)33-27-25-20(28-14-30-27)6-8-22(37-4)26(25)35-10-9-19(13-35)34(2)3/h5-8,11-12,14-16,19H,9-10,13H2,1-4H3,(H,28,30,33)/t19-/m1/s1. The summed E-state index contributed by atoms with van der Waals surface area (Å²) in [5.74, 6) is 2.69. The number of anilines is 3. The van der Waals surface area contributed by atoms with Crippen molar-refractivity contribution in [2.24, 2.45) is 0 Å². The van der Waals surface area contributed by atoms with Gasteiger partial charge in [-0.1, -0.05) is 0 Å². The monoisotopic (exact) mass is 511 g/mol. The van der Waals surface area contributed by atoms with Crippen LogP contribution in [0.2, 0.25) is 0 Å². The van der Waals surface area contributed by atoms with Crippen molar-refractivity contribution >= 4 is 33.7 Å². The van der Waals surface area contributed by atoms with Crippen LogP contribution in [0.3, 0.4) is 0 Å². The van der Waals surface area contributed by atoms with E-state index < -0.39 is 0 Å². The van der Waals surface area contributed by atoms with E-state index in [0.29, 0.717) is 23.3 Å². The van der Waals surface area contributed by atoms with Crippen molar-refractivity contribution in [1.82, 2.24) is 34.4 Å². The summed E-state index contributed by atoms with van der Waals surface area (Å²) in [6.07, 6.45) is 5.73. The summed E-state index contributed by atoms with van der Waals surface area (Å²) < 4.78 is 13.4. The van der Waals surface area contributed by atoms with Gasteiger partial charge in [0.05, 0.1) is 23.7 Å². The van der Waals surface area contributed by atoms with Gasteiger partial charge in [0.2, 0.25) is 5.88 Å². The Hall–Kier alpha value is -4.51. The van der Waals surface area contributed by atoms with Gasteiger partial charge >= 0.3 is 0 Å². The molecule has 194 valence electrons. The number of hydrogen-bond acceptors (Lipinski definition) is 10. The van der Waals surface area contributed by atoms with Crippen LogP contribution in [0.15, 0.2) is 55.4 Å². The molecule has 6 rings (SSSR count). The van der Waals surface area contributed by atoms with E-state index in [1.165, 1.54) is 6.33 Å². The molecule has 0 unspecified atom stereocenters. The number of nitrogens with zero attached hydrogens (tertiary/aromatic N) is 8.